The summed E-state index contributed by atoms with van der Waals surface area (Å²) in [5.41, 5.74) is 1.47. The number of hydrogen-bond donors (Lipinski definition) is 0. The number of halogens is 2. The third-order valence-electron chi connectivity index (χ3n) is 2.94. The molecule has 0 heterocycles. The van der Waals surface area contributed by atoms with Crippen molar-refractivity contribution in [1.29, 1.82) is 0 Å². The maximum absolute atomic E-state index is 12.8. The first-order valence-electron chi connectivity index (χ1n) is 6.20. The van der Waals surface area contributed by atoms with Gasteiger partial charge in [-0.15, -0.1) is 0 Å². The van der Waals surface area contributed by atoms with Crippen molar-refractivity contribution in [3.8, 4) is 5.75 Å². The molecule has 20 heavy (non-hydrogen) atoms. The fourth-order valence-corrected chi connectivity index (χ4v) is 2.04. The number of hydrogen-bond acceptors (Lipinski definition) is 2. The standard InChI is InChI=1S/C16H14BrFO2/c1-10-9-14(7-8-15(10)17)20-11(2)16(19)12-3-5-13(18)6-4-12/h3-9,11H,1-2H3. The minimum absolute atomic E-state index is 0.175. The molecular formula is C16H14BrFO2. The molecule has 1 unspecified atom stereocenters. The summed E-state index contributed by atoms with van der Waals surface area (Å²) in [4.78, 5) is 12.2. The van der Waals surface area contributed by atoms with Gasteiger partial charge >= 0.3 is 0 Å². The van der Waals surface area contributed by atoms with Crippen molar-refractivity contribution in [1.82, 2.24) is 0 Å². The molecule has 2 nitrogen and oxygen atoms in total. The lowest BCUT2D eigenvalue weighted by Crippen LogP contribution is -2.23. The molecule has 0 aliphatic carbocycles. The van der Waals surface area contributed by atoms with Crippen LogP contribution >= 0.6 is 15.9 Å². The van der Waals surface area contributed by atoms with Crippen LogP contribution in [-0.4, -0.2) is 11.9 Å². The predicted octanol–water partition coefficient (Wildman–Crippen LogP) is 4.55. The van der Waals surface area contributed by atoms with E-state index in [2.05, 4.69) is 15.9 Å². The van der Waals surface area contributed by atoms with Gasteiger partial charge < -0.3 is 4.74 Å². The molecule has 2 aromatic rings. The SMILES string of the molecule is Cc1cc(OC(C)C(=O)c2ccc(F)cc2)ccc1Br. The zero-order chi connectivity index (χ0) is 14.7. The Morgan fingerprint density at radius 2 is 1.85 bits per heavy atom. The van der Waals surface area contributed by atoms with Gasteiger partial charge in [-0.2, -0.15) is 0 Å². The molecule has 104 valence electrons. The highest BCUT2D eigenvalue weighted by atomic mass is 79.9. The van der Waals surface area contributed by atoms with Gasteiger partial charge in [-0.1, -0.05) is 15.9 Å². The number of Topliss-reactive ketones (excluding diaryl/α,β-unsaturated/α-hetero) is 1. The van der Waals surface area contributed by atoms with Crippen LogP contribution in [-0.2, 0) is 0 Å². The zero-order valence-electron chi connectivity index (χ0n) is 11.2. The fraction of sp³-hybridized carbons (Fsp3) is 0.188. The summed E-state index contributed by atoms with van der Waals surface area (Å²) >= 11 is 3.41. The predicted molar refractivity (Wildman–Crippen MR) is 79.7 cm³/mol. The lowest BCUT2D eigenvalue weighted by Gasteiger charge is -2.14. The minimum Gasteiger partial charge on any atom is -0.483 e. The molecule has 0 amide bonds. The van der Waals surface area contributed by atoms with E-state index in [1.165, 1.54) is 24.3 Å². The van der Waals surface area contributed by atoms with Crippen LogP contribution in [0.2, 0.25) is 0 Å². The van der Waals surface area contributed by atoms with Gasteiger partial charge in [-0.3, -0.25) is 4.79 Å². The lowest BCUT2D eigenvalue weighted by atomic mass is 10.1. The van der Waals surface area contributed by atoms with Gasteiger partial charge in [0.1, 0.15) is 11.6 Å². The number of rotatable bonds is 4. The number of carbonyl (C=O) groups is 1. The van der Waals surface area contributed by atoms with E-state index in [9.17, 15) is 9.18 Å². The summed E-state index contributed by atoms with van der Waals surface area (Å²) in [6.45, 7) is 3.63. The first-order valence-corrected chi connectivity index (χ1v) is 6.99. The highest BCUT2D eigenvalue weighted by molar-refractivity contribution is 9.10. The summed E-state index contributed by atoms with van der Waals surface area (Å²) in [6, 6.07) is 11.0. The number of ketones is 1. The van der Waals surface area contributed by atoms with E-state index >= 15 is 0 Å². The third kappa shape index (κ3) is 3.45. The van der Waals surface area contributed by atoms with Crippen molar-refractivity contribution in [3.63, 3.8) is 0 Å². The molecule has 0 saturated heterocycles. The Hall–Kier alpha value is -1.68. The van der Waals surface area contributed by atoms with Crippen LogP contribution in [0.15, 0.2) is 46.9 Å². The van der Waals surface area contributed by atoms with E-state index in [1.807, 2.05) is 19.1 Å². The van der Waals surface area contributed by atoms with Crippen molar-refractivity contribution in [2.24, 2.45) is 0 Å². The van der Waals surface area contributed by atoms with Crippen molar-refractivity contribution in [3.05, 3.63) is 63.9 Å². The Kier molecular flexibility index (Phi) is 4.55. The van der Waals surface area contributed by atoms with Gasteiger partial charge in [-0.25, -0.2) is 4.39 Å². The van der Waals surface area contributed by atoms with Crippen LogP contribution in [0, 0.1) is 12.7 Å². The van der Waals surface area contributed by atoms with Crippen LogP contribution in [0.5, 0.6) is 5.75 Å². The number of benzene rings is 2. The monoisotopic (exact) mass is 336 g/mol. The second-order valence-electron chi connectivity index (χ2n) is 4.54. The Balaban J connectivity index is 2.11. The summed E-state index contributed by atoms with van der Waals surface area (Å²) in [5.74, 6) is 0.0953. The lowest BCUT2D eigenvalue weighted by molar-refractivity contribution is 0.0818. The largest absolute Gasteiger partial charge is 0.483 e. The molecule has 0 radical (unpaired) electrons. The first kappa shape index (κ1) is 14.7. The molecule has 2 rings (SSSR count). The average molecular weight is 337 g/mol. The average Bonchev–Trinajstić information content (AvgIpc) is 2.43. The molecule has 4 heteroatoms. The van der Waals surface area contributed by atoms with Crippen molar-refractivity contribution >= 4 is 21.7 Å². The van der Waals surface area contributed by atoms with E-state index in [1.54, 1.807) is 13.0 Å². The Bertz CT molecular complexity index is 623. The van der Waals surface area contributed by atoms with Crippen LogP contribution in [0.1, 0.15) is 22.8 Å². The van der Waals surface area contributed by atoms with E-state index in [0.717, 1.165) is 10.0 Å². The normalized spacial score (nSPS) is 12.0. The summed E-state index contributed by atoms with van der Waals surface area (Å²) < 4.78 is 19.5. The first-order chi connectivity index (χ1) is 9.47. The van der Waals surface area contributed by atoms with Crippen LogP contribution < -0.4 is 4.74 Å². The highest BCUT2D eigenvalue weighted by Crippen LogP contribution is 2.23. The minimum atomic E-state index is -0.624. The quantitative estimate of drug-likeness (QED) is 0.766. The molecule has 0 aromatic heterocycles. The van der Waals surface area contributed by atoms with Gasteiger partial charge in [0.25, 0.3) is 0 Å². The molecule has 0 saturated carbocycles. The molecule has 0 N–H and O–H groups in total. The fourth-order valence-electron chi connectivity index (χ4n) is 1.80. The second kappa shape index (κ2) is 6.18. The molecule has 0 fully saturated rings. The molecule has 0 spiro atoms. The molecule has 1 atom stereocenters. The molecule has 0 bridgehead atoms. The van der Waals surface area contributed by atoms with Gasteiger partial charge in [0.2, 0.25) is 5.78 Å². The van der Waals surface area contributed by atoms with Crippen molar-refractivity contribution in [2.75, 3.05) is 0 Å². The van der Waals surface area contributed by atoms with Gasteiger partial charge in [0, 0.05) is 10.0 Å². The summed E-state index contributed by atoms with van der Waals surface area (Å²) in [6.07, 6.45) is -0.624. The van der Waals surface area contributed by atoms with Gasteiger partial charge in [-0.05, 0) is 61.9 Å². The van der Waals surface area contributed by atoms with Gasteiger partial charge in [0.05, 0.1) is 0 Å². The summed E-state index contributed by atoms with van der Waals surface area (Å²) in [7, 11) is 0. The van der Waals surface area contributed by atoms with Crippen molar-refractivity contribution < 1.29 is 13.9 Å². The van der Waals surface area contributed by atoms with Crippen LogP contribution in [0.4, 0.5) is 4.39 Å². The second-order valence-corrected chi connectivity index (χ2v) is 5.40. The number of ether oxygens (including phenoxy) is 1. The van der Waals surface area contributed by atoms with E-state index in [4.69, 9.17) is 4.74 Å². The zero-order valence-corrected chi connectivity index (χ0v) is 12.8. The van der Waals surface area contributed by atoms with E-state index < -0.39 is 6.10 Å². The summed E-state index contributed by atoms with van der Waals surface area (Å²) in [5, 5.41) is 0. The number of aryl methyl sites for hydroxylation is 1. The molecule has 0 aliphatic rings. The number of carbonyl (C=O) groups excluding carboxylic acids is 1. The molecule has 2 aromatic carbocycles. The van der Waals surface area contributed by atoms with Crippen LogP contribution in [0.3, 0.4) is 0 Å². The van der Waals surface area contributed by atoms with Crippen LogP contribution in [0.25, 0.3) is 0 Å². The Morgan fingerprint density at radius 3 is 2.45 bits per heavy atom. The molecule has 0 aliphatic heterocycles. The molecular weight excluding hydrogens is 323 g/mol. The third-order valence-corrected chi connectivity index (χ3v) is 3.83. The maximum Gasteiger partial charge on any atom is 0.202 e. The van der Waals surface area contributed by atoms with Crippen molar-refractivity contribution in [2.45, 2.75) is 20.0 Å². The van der Waals surface area contributed by atoms with E-state index in [0.29, 0.717) is 11.3 Å². The van der Waals surface area contributed by atoms with E-state index in [-0.39, 0.29) is 11.6 Å². The Labute approximate surface area is 125 Å². The smallest absolute Gasteiger partial charge is 0.202 e. The van der Waals surface area contributed by atoms with Gasteiger partial charge in [0.15, 0.2) is 6.10 Å². The maximum atomic E-state index is 12.8. The Morgan fingerprint density at radius 1 is 1.20 bits per heavy atom. The topological polar surface area (TPSA) is 26.3 Å². The highest BCUT2D eigenvalue weighted by Gasteiger charge is 2.17.